The van der Waals surface area contributed by atoms with E-state index in [-0.39, 0.29) is 5.91 Å². The highest BCUT2D eigenvalue weighted by Crippen LogP contribution is 2.18. The fourth-order valence-corrected chi connectivity index (χ4v) is 3.26. The van der Waals surface area contributed by atoms with Crippen LogP contribution in [0.3, 0.4) is 0 Å². The Morgan fingerprint density at radius 3 is 3.18 bits per heavy atom. The number of benzene rings is 1. The van der Waals surface area contributed by atoms with E-state index < -0.39 is 0 Å². The number of H-pyrrole nitrogens is 1. The molecule has 3 nitrogen and oxygen atoms in total. The van der Waals surface area contributed by atoms with Crippen LogP contribution in [0.2, 0.25) is 0 Å². The second-order valence-electron chi connectivity index (χ2n) is 4.31. The van der Waals surface area contributed by atoms with E-state index in [2.05, 4.69) is 10.3 Å². The molecule has 4 heteroatoms. The highest BCUT2D eigenvalue weighted by molar-refractivity contribution is 7.99. The number of amides is 1. The Morgan fingerprint density at radius 2 is 2.35 bits per heavy atom. The number of thioether (sulfide) groups is 1. The first-order valence-corrected chi connectivity index (χ1v) is 6.94. The monoisotopic (exact) mass is 246 g/mol. The van der Waals surface area contributed by atoms with E-state index in [9.17, 15) is 4.79 Å². The maximum Gasteiger partial charge on any atom is 0.251 e. The maximum absolute atomic E-state index is 12.0. The summed E-state index contributed by atoms with van der Waals surface area (Å²) >= 11 is 1.90. The lowest BCUT2D eigenvalue weighted by Crippen LogP contribution is -2.34. The van der Waals surface area contributed by atoms with Crippen LogP contribution >= 0.6 is 11.8 Å². The van der Waals surface area contributed by atoms with Crippen LogP contribution in [0.4, 0.5) is 0 Å². The lowest BCUT2D eigenvalue weighted by Gasteiger charge is -2.11. The number of hydrogen-bond acceptors (Lipinski definition) is 2. The second-order valence-corrected chi connectivity index (χ2v) is 5.46. The highest BCUT2D eigenvalue weighted by Gasteiger charge is 2.18. The van der Waals surface area contributed by atoms with Crippen LogP contribution in [0.25, 0.3) is 10.9 Å². The standard InChI is InChI=1S/C13H14N2OS/c16-13(15-11-4-6-17-8-11)10-1-2-12-9(7-10)3-5-14-12/h1-3,5,7,11,14H,4,6,8H2,(H,15,16). The van der Waals surface area contributed by atoms with E-state index in [0.717, 1.165) is 34.4 Å². The van der Waals surface area contributed by atoms with Gasteiger partial charge in [-0.3, -0.25) is 4.79 Å². The first-order valence-electron chi connectivity index (χ1n) is 5.79. The minimum Gasteiger partial charge on any atom is -0.361 e. The smallest absolute Gasteiger partial charge is 0.251 e. The number of carbonyl (C=O) groups is 1. The van der Waals surface area contributed by atoms with Gasteiger partial charge >= 0.3 is 0 Å². The van der Waals surface area contributed by atoms with Gasteiger partial charge in [-0.25, -0.2) is 0 Å². The van der Waals surface area contributed by atoms with Crippen LogP contribution in [0, 0.1) is 0 Å². The van der Waals surface area contributed by atoms with Crippen LogP contribution in [-0.4, -0.2) is 28.4 Å². The number of aromatic amines is 1. The molecule has 0 bridgehead atoms. The summed E-state index contributed by atoms with van der Waals surface area (Å²) < 4.78 is 0. The topological polar surface area (TPSA) is 44.9 Å². The quantitative estimate of drug-likeness (QED) is 0.854. The number of hydrogen-bond donors (Lipinski definition) is 2. The first-order chi connectivity index (χ1) is 8.33. The van der Waals surface area contributed by atoms with E-state index in [0.29, 0.717) is 6.04 Å². The number of nitrogens with one attached hydrogen (secondary N) is 2. The van der Waals surface area contributed by atoms with E-state index in [1.807, 2.05) is 42.2 Å². The van der Waals surface area contributed by atoms with Crippen molar-refractivity contribution in [2.45, 2.75) is 12.5 Å². The predicted molar refractivity (Wildman–Crippen MR) is 71.5 cm³/mol. The zero-order valence-electron chi connectivity index (χ0n) is 9.40. The Morgan fingerprint density at radius 1 is 1.41 bits per heavy atom. The van der Waals surface area contributed by atoms with Gasteiger partial charge in [-0.2, -0.15) is 11.8 Å². The first kappa shape index (κ1) is 10.7. The molecule has 1 saturated heterocycles. The van der Waals surface area contributed by atoms with Gasteiger partial charge in [0.1, 0.15) is 0 Å². The SMILES string of the molecule is O=C(NC1CCSC1)c1ccc2[nH]ccc2c1. The summed E-state index contributed by atoms with van der Waals surface area (Å²) in [5.41, 5.74) is 1.81. The summed E-state index contributed by atoms with van der Waals surface area (Å²) in [6, 6.07) is 8.08. The summed E-state index contributed by atoms with van der Waals surface area (Å²) in [5.74, 6) is 2.24. The summed E-state index contributed by atoms with van der Waals surface area (Å²) in [5, 5.41) is 4.16. The van der Waals surface area contributed by atoms with Crippen molar-refractivity contribution in [2.75, 3.05) is 11.5 Å². The molecule has 2 heterocycles. The van der Waals surface area contributed by atoms with E-state index in [4.69, 9.17) is 0 Å². The summed E-state index contributed by atoms with van der Waals surface area (Å²) in [6.45, 7) is 0. The van der Waals surface area contributed by atoms with Gasteiger partial charge in [-0.15, -0.1) is 0 Å². The van der Waals surface area contributed by atoms with Crippen LogP contribution in [-0.2, 0) is 0 Å². The molecule has 2 aromatic rings. The van der Waals surface area contributed by atoms with E-state index >= 15 is 0 Å². The molecule has 2 N–H and O–H groups in total. The normalized spacial score (nSPS) is 19.6. The largest absolute Gasteiger partial charge is 0.361 e. The van der Waals surface area contributed by atoms with Crippen molar-refractivity contribution >= 4 is 28.6 Å². The molecule has 1 aliphatic heterocycles. The molecule has 1 fully saturated rings. The lowest BCUT2D eigenvalue weighted by atomic mass is 10.1. The van der Waals surface area contributed by atoms with Gasteiger partial charge in [0.05, 0.1) is 0 Å². The third-order valence-electron chi connectivity index (χ3n) is 3.08. The van der Waals surface area contributed by atoms with Gasteiger partial charge in [-0.1, -0.05) is 0 Å². The Bertz CT molecular complexity index is 543. The molecule has 0 spiro atoms. The molecular weight excluding hydrogens is 232 g/mol. The molecule has 0 saturated carbocycles. The molecule has 0 radical (unpaired) electrons. The maximum atomic E-state index is 12.0. The summed E-state index contributed by atoms with van der Waals surface area (Å²) in [4.78, 5) is 15.2. The van der Waals surface area contributed by atoms with Crippen LogP contribution in [0.1, 0.15) is 16.8 Å². The molecule has 1 amide bonds. The molecular formula is C13H14N2OS. The zero-order chi connectivity index (χ0) is 11.7. The van der Waals surface area contributed by atoms with Gasteiger partial charge in [0.2, 0.25) is 0 Å². The lowest BCUT2D eigenvalue weighted by molar-refractivity contribution is 0.0941. The van der Waals surface area contributed by atoms with Crippen molar-refractivity contribution < 1.29 is 4.79 Å². The van der Waals surface area contributed by atoms with Gasteiger partial charge < -0.3 is 10.3 Å². The Hall–Kier alpha value is -1.42. The summed E-state index contributed by atoms with van der Waals surface area (Å²) in [6.07, 6.45) is 2.97. The van der Waals surface area contributed by atoms with Gasteiger partial charge in [0.25, 0.3) is 5.91 Å². The number of rotatable bonds is 2. The third kappa shape index (κ3) is 2.17. The van der Waals surface area contributed by atoms with Crippen LogP contribution in [0.15, 0.2) is 30.5 Å². The van der Waals surface area contributed by atoms with Gasteiger partial charge in [0, 0.05) is 34.5 Å². The molecule has 88 valence electrons. The molecule has 17 heavy (non-hydrogen) atoms. The van der Waals surface area contributed by atoms with Crippen molar-refractivity contribution in [3.63, 3.8) is 0 Å². The zero-order valence-corrected chi connectivity index (χ0v) is 10.2. The molecule has 1 aliphatic rings. The van der Waals surface area contributed by atoms with Crippen LogP contribution < -0.4 is 5.32 Å². The van der Waals surface area contributed by atoms with Gasteiger partial charge in [0.15, 0.2) is 0 Å². The van der Waals surface area contributed by atoms with Crippen molar-refractivity contribution in [2.24, 2.45) is 0 Å². The average Bonchev–Trinajstić information content (AvgIpc) is 2.97. The van der Waals surface area contributed by atoms with Crippen molar-refractivity contribution in [1.29, 1.82) is 0 Å². The number of fused-ring (bicyclic) bond motifs is 1. The molecule has 1 aromatic carbocycles. The second kappa shape index (κ2) is 4.45. The fourth-order valence-electron chi connectivity index (χ4n) is 2.11. The summed E-state index contributed by atoms with van der Waals surface area (Å²) in [7, 11) is 0. The van der Waals surface area contributed by atoms with Gasteiger partial charge in [-0.05, 0) is 36.4 Å². The minimum atomic E-state index is 0.0422. The molecule has 0 aliphatic carbocycles. The van der Waals surface area contributed by atoms with Crippen molar-refractivity contribution in [1.82, 2.24) is 10.3 Å². The highest BCUT2D eigenvalue weighted by atomic mass is 32.2. The van der Waals surface area contributed by atoms with Crippen molar-refractivity contribution in [3.8, 4) is 0 Å². The minimum absolute atomic E-state index is 0.0422. The Labute approximate surface area is 104 Å². The third-order valence-corrected chi connectivity index (χ3v) is 4.24. The van der Waals surface area contributed by atoms with Crippen LogP contribution in [0.5, 0.6) is 0 Å². The van der Waals surface area contributed by atoms with E-state index in [1.165, 1.54) is 0 Å². The molecule has 1 atom stereocenters. The number of carbonyl (C=O) groups excluding carboxylic acids is 1. The van der Waals surface area contributed by atoms with Crippen molar-refractivity contribution in [3.05, 3.63) is 36.0 Å². The molecule has 1 unspecified atom stereocenters. The van der Waals surface area contributed by atoms with E-state index in [1.54, 1.807) is 0 Å². The fraction of sp³-hybridized carbons (Fsp3) is 0.308. The molecule has 3 rings (SSSR count). The molecule has 1 aromatic heterocycles. The predicted octanol–water partition coefficient (Wildman–Crippen LogP) is 2.40. The number of aromatic nitrogens is 1. The Balaban J connectivity index is 1.79. The average molecular weight is 246 g/mol. The Kier molecular flexibility index (Phi) is 2.81.